The quantitative estimate of drug-likeness (QED) is 0.913. The van der Waals surface area contributed by atoms with Gasteiger partial charge in [0.05, 0.1) is 5.02 Å². The van der Waals surface area contributed by atoms with Gasteiger partial charge < -0.3 is 5.11 Å². The van der Waals surface area contributed by atoms with E-state index >= 15 is 0 Å². The molecule has 1 heterocycles. The number of thiazole rings is 1. The predicted molar refractivity (Wildman–Crippen MR) is 68.4 cm³/mol. The maximum Gasteiger partial charge on any atom is 0.355 e. The summed E-state index contributed by atoms with van der Waals surface area (Å²) in [5.74, 6) is -2.35. The van der Waals surface area contributed by atoms with Crippen molar-refractivity contribution in [2.24, 2.45) is 0 Å². The third kappa shape index (κ3) is 3.07. The Morgan fingerprint density at radius 3 is 2.74 bits per heavy atom. The molecular weight excluding hydrogens is 295 g/mol. The van der Waals surface area contributed by atoms with E-state index in [1.54, 1.807) is 0 Å². The maximum absolute atomic E-state index is 12.9. The number of nitrogens with zero attached hydrogens (tertiary/aromatic N) is 1. The average molecular weight is 301 g/mol. The van der Waals surface area contributed by atoms with E-state index in [2.05, 4.69) is 10.3 Å². The van der Waals surface area contributed by atoms with Crippen LogP contribution in [0.4, 0.5) is 9.52 Å². The zero-order chi connectivity index (χ0) is 14.0. The number of halogens is 2. The number of benzene rings is 1. The second kappa shape index (κ2) is 5.33. The summed E-state index contributed by atoms with van der Waals surface area (Å²) in [7, 11) is 0. The highest BCUT2D eigenvalue weighted by Gasteiger charge is 2.13. The minimum Gasteiger partial charge on any atom is -0.476 e. The smallest absolute Gasteiger partial charge is 0.355 e. The molecule has 19 heavy (non-hydrogen) atoms. The normalized spacial score (nSPS) is 10.2. The molecule has 1 aromatic carbocycles. The fourth-order valence-corrected chi connectivity index (χ4v) is 2.10. The number of carbonyl (C=O) groups is 2. The fourth-order valence-electron chi connectivity index (χ4n) is 1.24. The van der Waals surface area contributed by atoms with Gasteiger partial charge in [0.2, 0.25) is 0 Å². The van der Waals surface area contributed by atoms with Crippen LogP contribution < -0.4 is 5.32 Å². The summed E-state index contributed by atoms with van der Waals surface area (Å²) < 4.78 is 12.9. The number of nitrogens with one attached hydrogen (secondary N) is 1. The third-order valence-corrected chi connectivity index (χ3v) is 3.17. The van der Waals surface area contributed by atoms with E-state index in [0.29, 0.717) is 0 Å². The summed E-state index contributed by atoms with van der Waals surface area (Å²) >= 11 is 6.54. The van der Waals surface area contributed by atoms with Crippen molar-refractivity contribution in [1.82, 2.24) is 4.98 Å². The van der Waals surface area contributed by atoms with E-state index in [9.17, 15) is 14.0 Å². The summed E-state index contributed by atoms with van der Waals surface area (Å²) in [5, 5.41) is 12.4. The largest absolute Gasteiger partial charge is 0.476 e. The van der Waals surface area contributed by atoms with E-state index in [1.807, 2.05) is 0 Å². The van der Waals surface area contributed by atoms with Crippen LogP contribution in [0, 0.1) is 5.82 Å². The van der Waals surface area contributed by atoms with Gasteiger partial charge in [0.15, 0.2) is 10.8 Å². The molecule has 2 rings (SSSR count). The molecule has 1 aromatic heterocycles. The van der Waals surface area contributed by atoms with Crippen molar-refractivity contribution in [1.29, 1.82) is 0 Å². The molecule has 98 valence electrons. The Kier molecular flexibility index (Phi) is 3.77. The van der Waals surface area contributed by atoms with Crippen molar-refractivity contribution in [3.8, 4) is 0 Å². The molecule has 1 amide bonds. The third-order valence-electron chi connectivity index (χ3n) is 2.13. The van der Waals surface area contributed by atoms with Crippen LogP contribution in [0.15, 0.2) is 23.6 Å². The van der Waals surface area contributed by atoms with Crippen molar-refractivity contribution in [3.05, 3.63) is 45.7 Å². The summed E-state index contributed by atoms with van der Waals surface area (Å²) in [5.41, 5.74) is -0.00378. The van der Waals surface area contributed by atoms with Gasteiger partial charge in [-0.2, -0.15) is 0 Å². The lowest BCUT2D eigenvalue weighted by atomic mass is 10.2. The average Bonchev–Trinajstić information content (AvgIpc) is 2.81. The molecular formula is C11H6ClFN2O3S. The van der Waals surface area contributed by atoms with Crippen molar-refractivity contribution in [2.45, 2.75) is 0 Å². The molecule has 0 bridgehead atoms. The van der Waals surface area contributed by atoms with Crippen LogP contribution in [0.5, 0.6) is 0 Å². The summed E-state index contributed by atoms with van der Waals surface area (Å²) in [4.78, 5) is 26.1. The Labute approximate surface area is 115 Å². The van der Waals surface area contributed by atoms with Crippen LogP contribution in [-0.4, -0.2) is 22.0 Å². The summed E-state index contributed by atoms with van der Waals surface area (Å²) in [6.45, 7) is 0. The van der Waals surface area contributed by atoms with E-state index in [4.69, 9.17) is 16.7 Å². The molecule has 0 saturated heterocycles. The standard InChI is InChI=1S/C11H6ClFN2O3S/c12-6-3-5(1-2-7(6)13)9(16)15-11-14-8(4-19-11)10(17)18/h1-4H,(H,17,18)(H,14,15,16). The molecule has 5 nitrogen and oxygen atoms in total. The lowest BCUT2D eigenvalue weighted by Gasteiger charge is -2.02. The molecule has 2 N–H and O–H groups in total. The molecule has 0 aliphatic heterocycles. The molecule has 0 aliphatic rings. The second-order valence-electron chi connectivity index (χ2n) is 3.43. The van der Waals surface area contributed by atoms with Gasteiger partial charge >= 0.3 is 5.97 Å². The zero-order valence-electron chi connectivity index (χ0n) is 9.18. The number of hydrogen-bond acceptors (Lipinski definition) is 4. The molecule has 0 saturated carbocycles. The van der Waals surface area contributed by atoms with Crippen LogP contribution in [0.1, 0.15) is 20.8 Å². The summed E-state index contributed by atoms with van der Waals surface area (Å²) in [6.07, 6.45) is 0. The first kappa shape index (κ1) is 13.4. The first-order valence-electron chi connectivity index (χ1n) is 4.92. The minimum absolute atomic E-state index is 0.142. The minimum atomic E-state index is -1.18. The number of anilines is 1. The van der Waals surface area contributed by atoms with Crippen molar-refractivity contribution >= 4 is 39.9 Å². The van der Waals surface area contributed by atoms with Gasteiger partial charge in [-0.1, -0.05) is 11.6 Å². The number of carbonyl (C=O) groups excluding carboxylic acids is 1. The lowest BCUT2D eigenvalue weighted by molar-refractivity contribution is 0.0691. The fraction of sp³-hybridized carbons (Fsp3) is 0. The van der Waals surface area contributed by atoms with Gasteiger partial charge in [-0.05, 0) is 18.2 Å². The van der Waals surface area contributed by atoms with Crippen LogP contribution in [0.3, 0.4) is 0 Å². The highest BCUT2D eigenvalue weighted by molar-refractivity contribution is 7.14. The highest BCUT2D eigenvalue weighted by atomic mass is 35.5. The number of amides is 1. The SMILES string of the molecule is O=C(Nc1nc(C(=O)O)cs1)c1ccc(F)c(Cl)c1. The maximum atomic E-state index is 12.9. The van der Waals surface area contributed by atoms with Gasteiger partial charge in [0.25, 0.3) is 5.91 Å². The number of carboxylic acid groups (broad SMARTS) is 1. The topological polar surface area (TPSA) is 79.3 Å². The number of hydrogen-bond donors (Lipinski definition) is 2. The van der Waals surface area contributed by atoms with Gasteiger partial charge in [-0.3, -0.25) is 10.1 Å². The highest BCUT2D eigenvalue weighted by Crippen LogP contribution is 2.19. The zero-order valence-corrected chi connectivity index (χ0v) is 10.8. The molecule has 8 heteroatoms. The monoisotopic (exact) mass is 300 g/mol. The van der Waals surface area contributed by atoms with E-state index in [1.165, 1.54) is 17.5 Å². The molecule has 0 fully saturated rings. The Balaban J connectivity index is 2.15. The van der Waals surface area contributed by atoms with Gasteiger partial charge in [0, 0.05) is 10.9 Å². The molecule has 0 spiro atoms. The molecule has 2 aromatic rings. The number of aromatic carboxylic acids is 1. The summed E-state index contributed by atoms with van der Waals surface area (Å²) in [6, 6.07) is 3.52. The second-order valence-corrected chi connectivity index (χ2v) is 4.69. The molecule has 0 atom stereocenters. The van der Waals surface area contributed by atoms with Crippen molar-refractivity contribution in [2.75, 3.05) is 5.32 Å². The number of rotatable bonds is 3. The van der Waals surface area contributed by atoms with Crippen LogP contribution >= 0.6 is 22.9 Å². The number of aromatic nitrogens is 1. The van der Waals surface area contributed by atoms with Crippen molar-refractivity contribution in [3.63, 3.8) is 0 Å². The van der Waals surface area contributed by atoms with E-state index in [-0.39, 0.29) is 21.4 Å². The van der Waals surface area contributed by atoms with Crippen molar-refractivity contribution < 1.29 is 19.1 Å². The van der Waals surface area contributed by atoms with Crippen LogP contribution in [-0.2, 0) is 0 Å². The first-order valence-corrected chi connectivity index (χ1v) is 6.18. The van der Waals surface area contributed by atoms with Gasteiger partial charge in [0.1, 0.15) is 5.82 Å². The Morgan fingerprint density at radius 1 is 1.42 bits per heavy atom. The number of carboxylic acids is 1. The molecule has 0 aliphatic carbocycles. The predicted octanol–water partition coefficient (Wildman–Crippen LogP) is 2.89. The van der Waals surface area contributed by atoms with Crippen LogP contribution in [0.25, 0.3) is 0 Å². The van der Waals surface area contributed by atoms with E-state index < -0.39 is 17.7 Å². The Bertz CT molecular complexity index is 659. The van der Waals surface area contributed by atoms with Gasteiger partial charge in [-0.25, -0.2) is 14.2 Å². The first-order chi connectivity index (χ1) is 8.97. The van der Waals surface area contributed by atoms with Crippen LogP contribution in [0.2, 0.25) is 5.02 Å². The Morgan fingerprint density at radius 2 is 2.16 bits per heavy atom. The van der Waals surface area contributed by atoms with E-state index in [0.717, 1.165) is 17.4 Å². The Hall–Kier alpha value is -1.99. The molecule has 0 unspecified atom stereocenters. The lowest BCUT2D eigenvalue weighted by Crippen LogP contribution is -2.12. The van der Waals surface area contributed by atoms with Gasteiger partial charge in [-0.15, -0.1) is 11.3 Å². The molecule has 0 radical (unpaired) electrons.